The van der Waals surface area contributed by atoms with Crippen LogP contribution in [0.4, 0.5) is 0 Å². The van der Waals surface area contributed by atoms with E-state index in [0.717, 1.165) is 31.8 Å². The van der Waals surface area contributed by atoms with Crippen molar-refractivity contribution < 1.29 is 9.59 Å². The fourth-order valence-electron chi connectivity index (χ4n) is 1.69. The molecule has 0 saturated heterocycles. The number of aliphatic imine (C=N–C) groups is 1. The van der Waals surface area contributed by atoms with Gasteiger partial charge in [-0.1, -0.05) is 25.6 Å². The Bertz CT molecular complexity index is 343. The molecule has 108 valence electrons. The molecule has 0 aromatic carbocycles. The number of carbonyl (C=O) groups excluding carboxylic acids is 2. The molecule has 2 N–H and O–H groups in total. The minimum absolute atomic E-state index is 0.516. The molecule has 7 heteroatoms. The quantitative estimate of drug-likeness (QED) is 0.535. The highest BCUT2D eigenvalue weighted by Gasteiger charge is 2.17. The summed E-state index contributed by atoms with van der Waals surface area (Å²) in [5, 5.41) is 5.66. The summed E-state index contributed by atoms with van der Waals surface area (Å²) < 4.78 is 0. The molecule has 2 amide bonds. The molecule has 1 aliphatic rings. The second kappa shape index (κ2) is 8.92. The maximum absolute atomic E-state index is 11.5. The molecule has 0 atom stereocenters. The van der Waals surface area contributed by atoms with Crippen molar-refractivity contribution in [2.24, 2.45) is 4.99 Å². The zero-order valence-electron chi connectivity index (χ0n) is 11.6. The number of amides is 2. The van der Waals surface area contributed by atoms with Crippen molar-refractivity contribution in [1.82, 2.24) is 15.5 Å². The van der Waals surface area contributed by atoms with E-state index in [1.807, 2.05) is 0 Å². The Kier molecular flexibility index (Phi) is 7.50. The van der Waals surface area contributed by atoms with E-state index in [4.69, 9.17) is 0 Å². The summed E-state index contributed by atoms with van der Waals surface area (Å²) in [6.45, 7) is 8.36. The van der Waals surface area contributed by atoms with Crippen molar-refractivity contribution in [3.8, 4) is 0 Å². The highest BCUT2D eigenvalue weighted by Crippen LogP contribution is 2.08. The van der Waals surface area contributed by atoms with Gasteiger partial charge in [0, 0.05) is 12.3 Å². The maximum atomic E-state index is 11.5. The number of nitrogens with zero attached hydrogens (tertiary/aromatic N) is 2. The van der Waals surface area contributed by atoms with Gasteiger partial charge in [-0.2, -0.15) is 0 Å². The minimum atomic E-state index is -0.629. The molecule has 1 aliphatic heterocycles. The normalized spacial score (nSPS) is 14.4. The number of thioether (sulfide) groups is 1. The van der Waals surface area contributed by atoms with Gasteiger partial charge in [-0.3, -0.25) is 19.9 Å². The average molecular weight is 286 g/mol. The first-order valence-electron chi connectivity index (χ1n) is 6.66. The van der Waals surface area contributed by atoms with Crippen LogP contribution in [0.1, 0.15) is 20.3 Å². The number of carbonyl (C=O) groups is 2. The lowest BCUT2D eigenvalue weighted by molar-refractivity contribution is -0.138. The van der Waals surface area contributed by atoms with E-state index in [9.17, 15) is 9.59 Å². The number of hydrogen-bond acceptors (Lipinski definition) is 5. The molecule has 6 nitrogen and oxygen atoms in total. The van der Waals surface area contributed by atoms with Crippen molar-refractivity contribution in [1.29, 1.82) is 0 Å². The minimum Gasteiger partial charge on any atom is -0.348 e. The van der Waals surface area contributed by atoms with Gasteiger partial charge in [0.25, 0.3) is 0 Å². The van der Waals surface area contributed by atoms with Crippen LogP contribution in [0.15, 0.2) is 4.99 Å². The van der Waals surface area contributed by atoms with Crippen LogP contribution in [-0.4, -0.2) is 60.4 Å². The van der Waals surface area contributed by atoms with Gasteiger partial charge in [0.2, 0.25) is 0 Å². The van der Waals surface area contributed by atoms with Crippen LogP contribution in [-0.2, 0) is 9.59 Å². The molecule has 0 spiro atoms. The van der Waals surface area contributed by atoms with Gasteiger partial charge in [-0.25, -0.2) is 0 Å². The summed E-state index contributed by atoms with van der Waals surface area (Å²) in [6, 6.07) is 0. The van der Waals surface area contributed by atoms with E-state index in [2.05, 4.69) is 34.4 Å². The molecule has 0 aromatic heterocycles. The van der Waals surface area contributed by atoms with E-state index in [1.165, 1.54) is 11.8 Å². The summed E-state index contributed by atoms with van der Waals surface area (Å²) in [6.07, 6.45) is 0.844. The SMILES string of the molecule is CCN(CC)CCCNC(=O)C(=O)NC1=NCCS1. The fraction of sp³-hybridized carbons (Fsp3) is 0.750. The summed E-state index contributed by atoms with van der Waals surface area (Å²) in [5.74, 6) is -0.355. The highest BCUT2D eigenvalue weighted by atomic mass is 32.2. The lowest BCUT2D eigenvalue weighted by Crippen LogP contribution is -2.42. The molecule has 0 unspecified atom stereocenters. The van der Waals surface area contributed by atoms with Gasteiger partial charge >= 0.3 is 11.8 Å². The van der Waals surface area contributed by atoms with Gasteiger partial charge in [0.15, 0.2) is 5.17 Å². The standard InChI is InChI=1S/C12H22N4O2S/c1-3-16(4-2)8-5-6-13-10(17)11(18)15-12-14-7-9-19-12/h3-9H2,1-2H3,(H,13,17)(H,14,15,18). The van der Waals surface area contributed by atoms with Crippen molar-refractivity contribution in [2.75, 3.05) is 38.5 Å². The number of rotatable bonds is 6. The second-order valence-corrected chi connectivity index (χ2v) is 5.21. The van der Waals surface area contributed by atoms with Crippen molar-refractivity contribution in [2.45, 2.75) is 20.3 Å². The topological polar surface area (TPSA) is 73.8 Å². The van der Waals surface area contributed by atoms with E-state index < -0.39 is 11.8 Å². The third-order valence-corrected chi connectivity index (χ3v) is 3.73. The third-order valence-electron chi connectivity index (χ3n) is 2.84. The first-order valence-corrected chi connectivity index (χ1v) is 7.64. The van der Waals surface area contributed by atoms with Crippen molar-refractivity contribution in [3.05, 3.63) is 0 Å². The first-order chi connectivity index (χ1) is 9.17. The molecule has 0 saturated carbocycles. The van der Waals surface area contributed by atoms with E-state index in [-0.39, 0.29) is 0 Å². The molecule has 1 heterocycles. The summed E-state index contributed by atoms with van der Waals surface area (Å²) in [4.78, 5) is 29.4. The molecule has 0 aliphatic carbocycles. The molecular weight excluding hydrogens is 264 g/mol. The zero-order valence-corrected chi connectivity index (χ0v) is 12.4. The van der Waals surface area contributed by atoms with Gasteiger partial charge in [-0.15, -0.1) is 0 Å². The summed E-state index contributed by atoms with van der Waals surface area (Å²) in [7, 11) is 0. The average Bonchev–Trinajstić information content (AvgIpc) is 2.91. The Morgan fingerprint density at radius 1 is 1.32 bits per heavy atom. The number of hydrogen-bond donors (Lipinski definition) is 2. The predicted octanol–water partition coefficient (Wildman–Crippen LogP) is 0.0535. The lowest BCUT2D eigenvalue weighted by atomic mass is 10.3. The van der Waals surface area contributed by atoms with Crippen LogP contribution in [0.5, 0.6) is 0 Å². The molecule has 0 aromatic rings. The summed E-state index contributed by atoms with van der Waals surface area (Å²) in [5.41, 5.74) is 0. The monoisotopic (exact) mass is 286 g/mol. The lowest BCUT2D eigenvalue weighted by Gasteiger charge is -2.17. The largest absolute Gasteiger partial charge is 0.348 e. The first kappa shape index (κ1) is 16.0. The van der Waals surface area contributed by atoms with Crippen LogP contribution in [0.3, 0.4) is 0 Å². The zero-order chi connectivity index (χ0) is 14.1. The van der Waals surface area contributed by atoms with Crippen molar-refractivity contribution in [3.63, 3.8) is 0 Å². The summed E-state index contributed by atoms with van der Waals surface area (Å²) >= 11 is 1.46. The van der Waals surface area contributed by atoms with Crippen LogP contribution in [0.25, 0.3) is 0 Å². The third kappa shape index (κ3) is 6.07. The predicted molar refractivity (Wildman–Crippen MR) is 78.3 cm³/mol. The van der Waals surface area contributed by atoms with Crippen LogP contribution < -0.4 is 10.6 Å². The Morgan fingerprint density at radius 3 is 2.63 bits per heavy atom. The second-order valence-electron chi connectivity index (χ2n) is 4.13. The van der Waals surface area contributed by atoms with Gasteiger partial charge in [0.05, 0.1) is 6.54 Å². The highest BCUT2D eigenvalue weighted by molar-refractivity contribution is 8.14. The molecular formula is C12H22N4O2S. The van der Waals surface area contributed by atoms with Crippen molar-refractivity contribution >= 4 is 28.7 Å². The van der Waals surface area contributed by atoms with Gasteiger partial charge < -0.3 is 10.2 Å². The van der Waals surface area contributed by atoms with Gasteiger partial charge in [0.1, 0.15) is 0 Å². The van der Waals surface area contributed by atoms with Crippen LogP contribution >= 0.6 is 11.8 Å². The van der Waals surface area contributed by atoms with Gasteiger partial charge in [-0.05, 0) is 26.1 Å². The van der Waals surface area contributed by atoms with E-state index >= 15 is 0 Å². The smallest absolute Gasteiger partial charge is 0.315 e. The van der Waals surface area contributed by atoms with Crippen LogP contribution in [0, 0.1) is 0 Å². The fourth-order valence-corrected chi connectivity index (χ4v) is 2.41. The molecule has 0 bridgehead atoms. The maximum Gasteiger partial charge on any atom is 0.315 e. The number of nitrogens with one attached hydrogen (secondary N) is 2. The van der Waals surface area contributed by atoms with E-state index in [1.54, 1.807) is 0 Å². The molecule has 0 fully saturated rings. The molecule has 19 heavy (non-hydrogen) atoms. The Labute approximate surface area is 118 Å². The Morgan fingerprint density at radius 2 is 2.05 bits per heavy atom. The Hall–Kier alpha value is -1.08. The van der Waals surface area contributed by atoms with Crippen LogP contribution in [0.2, 0.25) is 0 Å². The molecule has 0 radical (unpaired) electrons. The number of amidine groups is 1. The Balaban J connectivity index is 2.14. The molecule has 1 rings (SSSR count). The van der Waals surface area contributed by atoms with E-state index in [0.29, 0.717) is 18.3 Å².